The summed E-state index contributed by atoms with van der Waals surface area (Å²) < 4.78 is 1.44. The fraction of sp³-hybridized carbons (Fsp3) is 0.238. The lowest BCUT2D eigenvalue weighted by molar-refractivity contribution is 0.828. The molecule has 0 saturated carbocycles. The Hall–Kier alpha value is -2.64. The van der Waals surface area contributed by atoms with Crippen LogP contribution in [0.25, 0.3) is 16.6 Å². The first-order chi connectivity index (χ1) is 14.1. The van der Waals surface area contributed by atoms with Crippen molar-refractivity contribution in [2.24, 2.45) is 0 Å². The number of fused-ring (bicyclic) bond motifs is 2. The predicted octanol–water partition coefficient (Wildman–Crippen LogP) is 4.80. The van der Waals surface area contributed by atoms with Crippen molar-refractivity contribution in [3.05, 3.63) is 69.7 Å². The van der Waals surface area contributed by atoms with Crippen LogP contribution in [0.5, 0.6) is 0 Å². The minimum absolute atomic E-state index is 0.158. The quantitative estimate of drug-likeness (QED) is 0.260. The molecule has 4 aromatic rings. The minimum atomic E-state index is -0.158. The van der Waals surface area contributed by atoms with E-state index < -0.39 is 0 Å². The summed E-state index contributed by atoms with van der Waals surface area (Å²) in [4.78, 5) is 26.3. The number of rotatable bonds is 7. The first kappa shape index (κ1) is 19.7. The maximum Gasteiger partial charge on any atom is 0.258 e. The molecule has 3 heterocycles. The molecular formula is C21H20ClN5OS. The molecule has 6 nitrogen and oxygen atoms in total. The molecule has 29 heavy (non-hydrogen) atoms. The summed E-state index contributed by atoms with van der Waals surface area (Å²) in [6, 6.07) is 12.9. The molecule has 0 spiro atoms. The molecule has 0 radical (unpaired) electrons. The van der Waals surface area contributed by atoms with E-state index in [1.807, 2.05) is 24.3 Å². The second-order valence-corrected chi connectivity index (χ2v) is 7.98. The maximum absolute atomic E-state index is 12.4. The zero-order chi connectivity index (χ0) is 20.2. The third kappa shape index (κ3) is 4.52. The van der Waals surface area contributed by atoms with Gasteiger partial charge in [0.25, 0.3) is 5.56 Å². The number of benzene rings is 1. The molecule has 0 aliphatic rings. The van der Waals surface area contributed by atoms with E-state index in [0.29, 0.717) is 27.3 Å². The fourth-order valence-corrected chi connectivity index (χ4v) is 3.88. The third-order valence-electron chi connectivity index (χ3n) is 4.43. The van der Waals surface area contributed by atoms with Crippen LogP contribution in [0.2, 0.25) is 5.02 Å². The Bertz CT molecular complexity index is 1230. The molecule has 0 aliphatic carbocycles. The Balaban J connectivity index is 1.60. The van der Waals surface area contributed by atoms with Gasteiger partial charge in [-0.2, -0.15) is 0 Å². The van der Waals surface area contributed by atoms with E-state index in [-0.39, 0.29) is 5.56 Å². The molecule has 4 rings (SSSR count). The second kappa shape index (κ2) is 8.80. The molecular weight excluding hydrogens is 406 g/mol. The van der Waals surface area contributed by atoms with Crippen LogP contribution in [0.3, 0.4) is 0 Å². The lowest BCUT2D eigenvalue weighted by Crippen LogP contribution is -2.15. The van der Waals surface area contributed by atoms with Crippen LogP contribution in [-0.2, 0) is 5.75 Å². The van der Waals surface area contributed by atoms with Gasteiger partial charge in [0.05, 0.1) is 16.2 Å². The van der Waals surface area contributed by atoms with Crippen molar-refractivity contribution in [3.63, 3.8) is 0 Å². The second-order valence-electron chi connectivity index (χ2n) is 6.60. The van der Waals surface area contributed by atoms with Crippen molar-refractivity contribution in [2.75, 3.05) is 11.9 Å². The average molecular weight is 426 g/mol. The molecule has 0 unspecified atom stereocenters. The first-order valence-electron chi connectivity index (χ1n) is 9.45. The van der Waals surface area contributed by atoms with Crippen molar-refractivity contribution in [2.45, 2.75) is 30.7 Å². The Labute approximate surface area is 177 Å². The van der Waals surface area contributed by atoms with Gasteiger partial charge in [-0.1, -0.05) is 48.8 Å². The number of nitrogens with zero attached hydrogens (tertiary/aromatic N) is 4. The number of unbranched alkanes of at least 4 members (excludes halogenated alkanes) is 1. The maximum atomic E-state index is 12.4. The molecule has 0 amide bonds. The molecule has 0 saturated heterocycles. The highest BCUT2D eigenvalue weighted by Crippen LogP contribution is 2.26. The summed E-state index contributed by atoms with van der Waals surface area (Å²) in [5.41, 5.74) is 1.98. The molecule has 0 bridgehead atoms. The van der Waals surface area contributed by atoms with Crippen LogP contribution in [0.1, 0.15) is 25.5 Å². The van der Waals surface area contributed by atoms with Gasteiger partial charge >= 0.3 is 0 Å². The van der Waals surface area contributed by atoms with E-state index in [2.05, 4.69) is 22.2 Å². The predicted molar refractivity (Wildman–Crippen MR) is 119 cm³/mol. The highest BCUT2D eigenvalue weighted by molar-refractivity contribution is 7.98. The molecule has 1 N–H and O–H groups in total. The van der Waals surface area contributed by atoms with Crippen LogP contribution in [0, 0.1) is 0 Å². The van der Waals surface area contributed by atoms with Crippen LogP contribution in [-0.4, -0.2) is 25.9 Å². The number of anilines is 1. The fourth-order valence-electron chi connectivity index (χ4n) is 2.98. The summed E-state index contributed by atoms with van der Waals surface area (Å²) in [6.45, 7) is 3.03. The summed E-state index contributed by atoms with van der Waals surface area (Å²) in [7, 11) is 0. The number of hydrogen-bond acceptors (Lipinski definition) is 6. The number of thioether (sulfide) groups is 1. The van der Waals surface area contributed by atoms with E-state index in [4.69, 9.17) is 16.6 Å². The third-order valence-corrected chi connectivity index (χ3v) is 5.54. The highest BCUT2D eigenvalue weighted by Gasteiger charge is 2.10. The van der Waals surface area contributed by atoms with Gasteiger partial charge in [-0.15, -0.1) is 0 Å². The Kier molecular flexibility index (Phi) is 5.97. The van der Waals surface area contributed by atoms with Gasteiger partial charge in [-0.3, -0.25) is 9.20 Å². The molecule has 0 fully saturated rings. The van der Waals surface area contributed by atoms with Gasteiger partial charge in [0, 0.05) is 29.9 Å². The summed E-state index contributed by atoms with van der Waals surface area (Å²) in [5.74, 6) is 1.34. The van der Waals surface area contributed by atoms with E-state index in [1.54, 1.807) is 18.3 Å². The zero-order valence-electron chi connectivity index (χ0n) is 15.9. The monoisotopic (exact) mass is 425 g/mol. The number of halogens is 1. The molecule has 0 aliphatic heterocycles. The molecule has 0 atom stereocenters. The van der Waals surface area contributed by atoms with Gasteiger partial charge in [-0.05, 0) is 30.7 Å². The number of para-hydroxylation sites is 1. The van der Waals surface area contributed by atoms with Crippen LogP contribution < -0.4 is 10.9 Å². The van der Waals surface area contributed by atoms with Gasteiger partial charge in [0.15, 0.2) is 5.16 Å². The zero-order valence-corrected chi connectivity index (χ0v) is 17.5. The van der Waals surface area contributed by atoms with Crippen molar-refractivity contribution in [1.29, 1.82) is 0 Å². The van der Waals surface area contributed by atoms with Gasteiger partial charge in [-0.25, -0.2) is 15.0 Å². The van der Waals surface area contributed by atoms with Crippen LogP contribution in [0.4, 0.5) is 5.82 Å². The Morgan fingerprint density at radius 3 is 2.86 bits per heavy atom. The van der Waals surface area contributed by atoms with Crippen molar-refractivity contribution < 1.29 is 0 Å². The minimum Gasteiger partial charge on any atom is -0.369 e. The van der Waals surface area contributed by atoms with Gasteiger partial charge in [0.2, 0.25) is 0 Å². The smallest absolute Gasteiger partial charge is 0.258 e. The Morgan fingerprint density at radius 2 is 2.00 bits per heavy atom. The number of aromatic nitrogens is 4. The molecule has 1 aromatic carbocycles. The topological polar surface area (TPSA) is 72.2 Å². The Morgan fingerprint density at radius 1 is 1.14 bits per heavy atom. The normalized spacial score (nSPS) is 11.2. The first-order valence-corrected chi connectivity index (χ1v) is 10.8. The number of hydrogen-bond donors (Lipinski definition) is 1. The molecule has 8 heteroatoms. The van der Waals surface area contributed by atoms with E-state index in [0.717, 1.165) is 36.1 Å². The molecule has 3 aromatic heterocycles. The highest BCUT2D eigenvalue weighted by atomic mass is 35.5. The lowest BCUT2D eigenvalue weighted by atomic mass is 10.2. The average Bonchev–Trinajstić information content (AvgIpc) is 2.73. The summed E-state index contributed by atoms with van der Waals surface area (Å²) in [6.07, 6.45) is 3.77. The standard InChI is InChI=1S/C21H20ClN5OS/c1-2-3-10-23-20-16-6-4-5-7-17(16)25-21(26-20)29-13-15-11-19(28)27-12-14(22)8-9-18(27)24-15/h4-9,11-12H,2-3,10,13H2,1H3,(H,23,25,26). The summed E-state index contributed by atoms with van der Waals surface area (Å²) >= 11 is 7.43. The number of nitrogens with one attached hydrogen (secondary N) is 1. The lowest BCUT2D eigenvalue weighted by Gasteiger charge is -2.10. The van der Waals surface area contributed by atoms with E-state index >= 15 is 0 Å². The van der Waals surface area contributed by atoms with E-state index in [9.17, 15) is 4.79 Å². The van der Waals surface area contributed by atoms with Gasteiger partial charge < -0.3 is 5.32 Å². The summed E-state index contributed by atoms with van der Waals surface area (Å²) in [5, 5.41) is 5.58. The van der Waals surface area contributed by atoms with Gasteiger partial charge in [0.1, 0.15) is 11.5 Å². The largest absolute Gasteiger partial charge is 0.369 e. The van der Waals surface area contributed by atoms with E-state index in [1.165, 1.54) is 22.2 Å². The van der Waals surface area contributed by atoms with Crippen molar-refractivity contribution >= 4 is 45.7 Å². The molecule has 148 valence electrons. The van der Waals surface area contributed by atoms with Crippen LogP contribution >= 0.6 is 23.4 Å². The number of pyridine rings is 1. The van der Waals surface area contributed by atoms with Crippen molar-refractivity contribution in [1.82, 2.24) is 19.4 Å². The SMILES string of the molecule is CCCCNc1nc(SCc2cc(=O)n3cc(Cl)ccc3n2)nc2ccccc12. The van der Waals surface area contributed by atoms with Crippen molar-refractivity contribution in [3.8, 4) is 0 Å². The van der Waals surface area contributed by atoms with Crippen LogP contribution in [0.15, 0.2) is 58.6 Å².